The SMILES string of the molecule is COc1cccc(CNC(=S)c2ccc(OCc3ccccc3)c(OC)c2)c1. The van der Waals surface area contributed by atoms with Crippen molar-refractivity contribution in [2.75, 3.05) is 14.2 Å². The van der Waals surface area contributed by atoms with Gasteiger partial charge in [0.25, 0.3) is 0 Å². The average Bonchev–Trinajstić information content (AvgIpc) is 2.76. The van der Waals surface area contributed by atoms with Gasteiger partial charge in [0, 0.05) is 12.1 Å². The molecule has 0 amide bonds. The monoisotopic (exact) mass is 393 g/mol. The molecule has 0 atom stereocenters. The largest absolute Gasteiger partial charge is 0.497 e. The van der Waals surface area contributed by atoms with E-state index < -0.39 is 0 Å². The lowest BCUT2D eigenvalue weighted by molar-refractivity contribution is 0.284. The number of ether oxygens (including phenoxy) is 3. The summed E-state index contributed by atoms with van der Waals surface area (Å²) in [6.45, 7) is 1.10. The Bertz CT molecular complexity index is 928. The molecule has 0 saturated heterocycles. The van der Waals surface area contributed by atoms with Gasteiger partial charge >= 0.3 is 0 Å². The summed E-state index contributed by atoms with van der Waals surface area (Å²) in [5.41, 5.74) is 3.07. The average molecular weight is 394 g/mol. The molecule has 3 rings (SSSR count). The van der Waals surface area contributed by atoms with Gasteiger partial charge in [0.05, 0.1) is 14.2 Å². The van der Waals surface area contributed by atoms with E-state index >= 15 is 0 Å². The molecule has 0 aliphatic carbocycles. The molecule has 0 aliphatic rings. The molecule has 1 N–H and O–H groups in total. The standard InChI is InChI=1S/C23H23NO3S/c1-25-20-10-6-9-18(13-20)15-24-23(28)19-11-12-21(22(14-19)26-2)27-16-17-7-4-3-5-8-17/h3-14H,15-16H2,1-2H3,(H,24,28). The third kappa shape index (κ3) is 5.24. The third-order valence-electron chi connectivity index (χ3n) is 4.25. The van der Waals surface area contributed by atoms with E-state index in [0.29, 0.717) is 29.6 Å². The summed E-state index contributed by atoms with van der Waals surface area (Å²) in [5.74, 6) is 2.16. The van der Waals surface area contributed by atoms with Crippen molar-refractivity contribution in [2.45, 2.75) is 13.2 Å². The van der Waals surface area contributed by atoms with Gasteiger partial charge in [-0.05, 0) is 41.5 Å². The first-order valence-corrected chi connectivity index (χ1v) is 9.36. The van der Waals surface area contributed by atoms with Crippen LogP contribution in [0.3, 0.4) is 0 Å². The first kappa shape index (κ1) is 19.7. The van der Waals surface area contributed by atoms with E-state index in [9.17, 15) is 0 Å². The van der Waals surface area contributed by atoms with Gasteiger partial charge in [0.1, 0.15) is 17.3 Å². The normalized spacial score (nSPS) is 10.2. The Kier molecular flexibility index (Phi) is 6.87. The lowest BCUT2D eigenvalue weighted by Crippen LogP contribution is -2.21. The van der Waals surface area contributed by atoms with Gasteiger partial charge in [-0.25, -0.2) is 0 Å². The number of benzene rings is 3. The number of thiocarbonyl (C=S) groups is 1. The molecular formula is C23H23NO3S. The van der Waals surface area contributed by atoms with Gasteiger partial charge in [0.15, 0.2) is 11.5 Å². The summed E-state index contributed by atoms with van der Waals surface area (Å²) in [6, 6.07) is 23.6. The van der Waals surface area contributed by atoms with Crippen molar-refractivity contribution >= 4 is 17.2 Å². The Hall–Kier alpha value is -3.05. The minimum atomic E-state index is 0.481. The second-order valence-electron chi connectivity index (χ2n) is 6.17. The van der Waals surface area contributed by atoms with Gasteiger partial charge in [-0.2, -0.15) is 0 Å². The van der Waals surface area contributed by atoms with Crippen molar-refractivity contribution in [3.8, 4) is 17.2 Å². The van der Waals surface area contributed by atoms with Crippen LogP contribution in [-0.4, -0.2) is 19.2 Å². The second-order valence-corrected chi connectivity index (χ2v) is 6.58. The van der Waals surface area contributed by atoms with Crippen LogP contribution in [0.4, 0.5) is 0 Å². The Labute approximate surface area is 171 Å². The van der Waals surface area contributed by atoms with E-state index in [4.69, 9.17) is 26.4 Å². The summed E-state index contributed by atoms with van der Waals surface area (Å²) < 4.78 is 16.6. The molecule has 0 radical (unpaired) electrons. The highest BCUT2D eigenvalue weighted by molar-refractivity contribution is 7.80. The summed E-state index contributed by atoms with van der Waals surface area (Å²) in [4.78, 5) is 0.649. The van der Waals surface area contributed by atoms with Crippen LogP contribution in [0.5, 0.6) is 17.2 Å². The maximum absolute atomic E-state index is 5.90. The molecule has 3 aromatic rings. The van der Waals surface area contributed by atoms with Gasteiger partial charge in [-0.3, -0.25) is 0 Å². The number of rotatable bonds is 8. The Morgan fingerprint density at radius 2 is 1.61 bits per heavy atom. The number of methoxy groups -OCH3 is 2. The van der Waals surface area contributed by atoms with Crippen LogP contribution in [0.1, 0.15) is 16.7 Å². The van der Waals surface area contributed by atoms with Crippen LogP contribution in [0.15, 0.2) is 72.8 Å². The molecule has 28 heavy (non-hydrogen) atoms. The van der Waals surface area contributed by atoms with Gasteiger partial charge < -0.3 is 19.5 Å². The molecule has 0 spiro atoms. The fourth-order valence-electron chi connectivity index (χ4n) is 2.73. The van der Waals surface area contributed by atoms with E-state index in [1.165, 1.54) is 0 Å². The Balaban J connectivity index is 1.64. The molecule has 0 aromatic heterocycles. The van der Waals surface area contributed by atoms with E-state index in [2.05, 4.69) is 5.32 Å². The van der Waals surface area contributed by atoms with Crippen molar-refractivity contribution < 1.29 is 14.2 Å². The Morgan fingerprint density at radius 1 is 0.821 bits per heavy atom. The molecule has 5 heteroatoms. The predicted octanol–water partition coefficient (Wildman–Crippen LogP) is 4.75. The smallest absolute Gasteiger partial charge is 0.161 e. The molecule has 0 unspecified atom stereocenters. The molecule has 4 nitrogen and oxygen atoms in total. The fourth-order valence-corrected chi connectivity index (χ4v) is 2.93. The molecule has 0 bridgehead atoms. The molecule has 0 heterocycles. The zero-order valence-corrected chi connectivity index (χ0v) is 16.8. The molecular weight excluding hydrogens is 370 g/mol. The van der Waals surface area contributed by atoms with Crippen LogP contribution in [0.25, 0.3) is 0 Å². The first-order chi connectivity index (χ1) is 13.7. The molecule has 0 saturated carbocycles. The van der Waals surface area contributed by atoms with Crippen LogP contribution in [0, 0.1) is 0 Å². The van der Waals surface area contributed by atoms with E-state index in [0.717, 1.165) is 22.4 Å². The van der Waals surface area contributed by atoms with Crippen molar-refractivity contribution in [2.24, 2.45) is 0 Å². The number of hydrogen-bond acceptors (Lipinski definition) is 4. The summed E-state index contributed by atoms with van der Waals surface area (Å²) >= 11 is 5.53. The van der Waals surface area contributed by atoms with E-state index in [1.807, 2.05) is 72.8 Å². The topological polar surface area (TPSA) is 39.7 Å². The van der Waals surface area contributed by atoms with Gasteiger partial charge in [-0.15, -0.1) is 0 Å². The van der Waals surface area contributed by atoms with Crippen LogP contribution >= 0.6 is 12.2 Å². The van der Waals surface area contributed by atoms with Gasteiger partial charge in [-0.1, -0.05) is 54.7 Å². The van der Waals surface area contributed by atoms with Crippen molar-refractivity contribution in [3.05, 3.63) is 89.5 Å². The number of hydrogen-bond donors (Lipinski definition) is 1. The quantitative estimate of drug-likeness (QED) is 0.559. The lowest BCUT2D eigenvalue weighted by Gasteiger charge is -2.14. The van der Waals surface area contributed by atoms with E-state index in [-0.39, 0.29) is 0 Å². The Morgan fingerprint density at radius 3 is 2.36 bits per heavy atom. The second kappa shape index (κ2) is 9.76. The summed E-state index contributed by atoms with van der Waals surface area (Å²) in [5, 5.41) is 3.27. The van der Waals surface area contributed by atoms with Crippen molar-refractivity contribution in [3.63, 3.8) is 0 Å². The zero-order valence-electron chi connectivity index (χ0n) is 16.0. The van der Waals surface area contributed by atoms with Crippen LogP contribution in [-0.2, 0) is 13.2 Å². The zero-order chi connectivity index (χ0) is 19.8. The molecule has 0 aliphatic heterocycles. The highest BCUT2D eigenvalue weighted by atomic mass is 32.1. The third-order valence-corrected chi connectivity index (χ3v) is 4.63. The summed E-state index contributed by atoms with van der Waals surface area (Å²) in [7, 11) is 3.28. The molecule has 144 valence electrons. The maximum atomic E-state index is 5.90. The molecule has 3 aromatic carbocycles. The highest BCUT2D eigenvalue weighted by Crippen LogP contribution is 2.29. The van der Waals surface area contributed by atoms with Gasteiger partial charge in [0.2, 0.25) is 0 Å². The fraction of sp³-hybridized carbons (Fsp3) is 0.174. The maximum Gasteiger partial charge on any atom is 0.161 e. The van der Waals surface area contributed by atoms with Crippen LogP contribution < -0.4 is 19.5 Å². The highest BCUT2D eigenvalue weighted by Gasteiger charge is 2.09. The number of nitrogens with one attached hydrogen (secondary N) is 1. The van der Waals surface area contributed by atoms with E-state index in [1.54, 1.807) is 14.2 Å². The molecule has 0 fully saturated rings. The van der Waals surface area contributed by atoms with Crippen molar-refractivity contribution in [1.82, 2.24) is 5.32 Å². The minimum Gasteiger partial charge on any atom is -0.497 e. The first-order valence-electron chi connectivity index (χ1n) is 8.95. The van der Waals surface area contributed by atoms with Crippen LogP contribution in [0.2, 0.25) is 0 Å². The van der Waals surface area contributed by atoms with Crippen molar-refractivity contribution in [1.29, 1.82) is 0 Å². The lowest BCUT2D eigenvalue weighted by atomic mass is 10.1. The predicted molar refractivity (Wildman–Crippen MR) is 115 cm³/mol. The minimum absolute atomic E-state index is 0.481. The summed E-state index contributed by atoms with van der Waals surface area (Å²) in [6.07, 6.45) is 0.